The van der Waals surface area contributed by atoms with Crippen LogP contribution in [0.4, 0.5) is 0 Å². The number of nitrogens with one attached hydrogen (secondary N) is 1. The number of likely N-dealkylation sites (N-methyl/N-ethyl adjacent to an activating group) is 1. The van der Waals surface area contributed by atoms with Crippen LogP contribution in [0.15, 0.2) is 12.2 Å². The van der Waals surface area contributed by atoms with E-state index in [4.69, 9.17) is 0 Å². The summed E-state index contributed by atoms with van der Waals surface area (Å²) in [7, 11) is 0. The summed E-state index contributed by atoms with van der Waals surface area (Å²) in [6.45, 7) is 7.34. The van der Waals surface area contributed by atoms with Gasteiger partial charge in [-0.1, -0.05) is 19.1 Å². The maximum Gasteiger partial charge on any atom is 0.0221 e. The lowest BCUT2D eigenvalue weighted by atomic mass is 10.3. The standard InChI is InChI=1S/C7H15N/c1-4-6-7(3)8-5-2/h4,6-8H,5H2,1-3H3. The summed E-state index contributed by atoms with van der Waals surface area (Å²) < 4.78 is 0. The summed E-state index contributed by atoms with van der Waals surface area (Å²) in [6.07, 6.45) is 4.21. The lowest BCUT2D eigenvalue weighted by Crippen LogP contribution is -2.22. The second-order valence-corrected chi connectivity index (χ2v) is 1.87. The fourth-order valence-corrected chi connectivity index (χ4v) is 0.679. The monoisotopic (exact) mass is 113 g/mol. The first kappa shape index (κ1) is 7.70. The highest BCUT2D eigenvalue weighted by Gasteiger charge is 1.87. The van der Waals surface area contributed by atoms with Gasteiger partial charge in [0.05, 0.1) is 0 Å². The molecule has 0 amide bonds. The van der Waals surface area contributed by atoms with Gasteiger partial charge in [0.2, 0.25) is 0 Å². The fraction of sp³-hybridized carbons (Fsp3) is 0.714. The maximum absolute atomic E-state index is 3.26. The van der Waals surface area contributed by atoms with E-state index in [2.05, 4.69) is 31.3 Å². The molecule has 0 fully saturated rings. The quantitative estimate of drug-likeness (QED) is 0.548. The Hall–Kier alpha value is -0.300. The van der Waals surface area contributed by atoms with Crippen LogP contribution < -0.4 is 5.32 Å². The van der Waals surface area contributed by atoms with Crippen molar-refractivity contribution in [3.05, 3.63) is 12.2 Å². The summed E-state index contributed by atoms with van der Waals surface area (Å²) in [5.74, 6) is 0. The van der Waals surface area contributed by atoms with Crippen LogP contribution >= 0.6 is 0 Å². The molecule has 0 radical (unpaired) electrons. The molecule has 0 aliphatic rings. The zero-order valence-corrected chi connectivity index (χ0v) is 5.94. The minimum Gasteiger partial charge on any atom is -0.311 e. The molecule has 8 heavy (non-hydrogen) atoms. The van der Waals surface area contributed by atoms with E-state index in [1.54, 1.807) is 0 Å². The van der Waals surface area contributed by atoms with Crippen molar-refractivity contribution >= 4 is 0 Å². The van der Waals surface area contributed by atoms with Gasteiger partial charge in [-0.25, -0.2) is 0 Å². The first-order valence-electron chi connectivity index (χ1n) is 3.17. The SMILES string of the molecule is CC=CC(C)NCC. The molecule has 0 aromatic carbocycles. The second kappa shape index (κ2) is 4.85. The Kier molecular flexibility index (Phi) is 4.67. The summed E-state index contributed by atoms with van der Waals surface area (Å²) in [5, 5.41) is 3.26. The van der Waals surface area contributed by atoms with E-state index in [-0.39, 0.29) is 0 Å². The first-order valence-corrected chi connectivity index (χ1v) is 3.17. The summed E-state index contributed by atoms with van der Waals surface area (Å²) in [6, 6.07) is 0.532. The van der Waals surface area contributed by atoms with Gasteiger partial charge in [-0.2, -0.15) is 0 Å². The highest BCUT2D eigenvalue weighted by atomic mass is 14.9. The minimum absolute atomic E-state index is 0.532. The van der Waals surface area contributed by atoms with E-state index in [9.17, 15) is 0 Å². The molecule has 1 unspecified atom stereocenters. The summed E-state index contributed by atoms with van der Waals surface area (Å²) >= 11 is 0. The van der Waals surface area contributed by atoms with E-state index in [1.807, 2.05) is 6.92 Å². The minimum atomic E-state index is 0.532. The molecular weight excluding hydrogens is 98.1 g/mol. The van der Waals surface area contributed by atoms with E-state index in [0.29, 0.717) is 6.04 Å². The van der Waals surface area contributed by atoms with E-state index in [0.717, 1.165) is 6.54 Å². The predicted molar refractivity (Wildman–Crippen MR) is 38.0 cm³/mol. The number of hydrogen-bond acceptors (Lipinski definition) is 1. The van der Waals surface area contributed by atoms with Crippen molar-refractivity contribution < 1.29 is 0 Å². The molecular formula is C7H15N. The molecule has 1 N–H and O–H groups in total. The Bertz CT molecular complexity index is 66.8. The van der Waals surface area contributed by atoms with Crippen LogP contribution in [0.25, 0.3) is 0 Å². The Balaban J connectivity index is 3.17. The van der Waals surface area contributed by atoms with Gasteiger partial charge in [-0.15, -0.1) is 0 Å². The lowest BCUT2D eigenvalue weighted by molar-refractivity contribution is 0.660. The van der Waals surface area contributed by atoms with Crippen LogP contribution in [0.1, 0.15) is 20.8 Å². The molecule has 1 atom stereocenters. The van der Waals surface area contributed by atoms with Gasteiger partial charge in [0.15, 0.2) is 0 Å². The van der Waals surface area contributed by atoms with Gasteiger partial charge in [0.25, 0.3) is 0 Å². The Morgan fingerprint density at radius 2 is 2.25 bits per heavy atom. The molecule has 0 aliphatic carbocycles. The average molecular weight is 113 g/mol. The van der Waals surface area contributed by atoms with Crippen LogP contribution in [-0.2, 0) is 0 Å². The highest BCUT2D eigenvalue weighted by molar-refractivity contribution is 4.87. The van der Waals surface area contributed by atoms with Gasteiger partial charge in [-0.05, 0) is 20.4 Å². The van der Waals surface area contributed by atoms with Gasteiger partial charge in [0, 0.05) is 6.04 Å². The summed E-state index contributed by atoms with van der Waals surface area (Å²) in [4.78, 5) is 0. The van der Waals surface area contributed by atoms with Gasteiger partial charge in [-0.3, -0.25) is 0 Å². The molecule has 1 heteroatoms. The van der Waals surface area contributed by atoms with Crippen molar-refractivity contribution in [3.8, 4) is 0 Å². The second-order valence-electron chi connectivity index (χ2n) is 1.87. The largest absolute Gasteiger partial charge is 0.311 e. The predicted octanol–water partition coefficient (Wildman–Crippen LogP) is 1.56. The van der Waals surface area contributed by atoms with Gasteiger partial charge >= 0.3 is 0 Å². The maximum atomic E-state index is 3.26. The molecule has 0 saturated heterocycles. The molecule has 48 valence electrons. The van der Waals surface area contributed by atoms with Crippen LogP contribution in [0, 0.1) is 0 Å². The van der Waals surface area contributed by atoms with Crippen LogP contribution in [0.2, 0.25) is 0 Å². The van der Waals surface area contributed by atoms with Crippen LogP contribution in [-0.4, -0.2) is 12.6 Å². The number of hydrogen-bond donors (Lipinski definition) is 1. The fourth-order valence-electron chi connectivity index (χ4n) is 0.679. The molecule has 0 heterocycles. The first-order chi connectivity index (χ1) is 3.81. The Morgan fingerprint density at radius 1 is 1.62 bits per heavy atom. The molecule has 0 aliphatic heterocycles. The molecule has 0 rings (SSSR count). The van der Waals surface area contributed by atoms with Crippen molar-refractivity contribution in [1.29, 1.82) is 0 Å². The Labute approximate surface area is 51.8 Å². The Morgan fingerprint density at radius 3 is 2.62 bits per heavy atom. The summed E-state index contributed by atoms with van der Waals surface area (Å²) in [5.41, 5.74) is 0. The third kappa shape index (κ3) is 3.88. The van der Waals surface area contributed by atoms with Crippen molar-refractivity contribution in [2.75, 3.05) is 6.54 Å². The molecule has 0 aromatic heterocycles. The topological polar surface area (TPSA) is 12.0 Å². The number of allylic oxidation sites excluding steroid dienone is 1. The number of rotatable bonds is 3. The molecule has 1 nitrogen and oxygen atoms in total. The third-order valence-corrected chi connectivity index (χ3v) is 1.01. The molecule has 0 aromatic rings. The van der Waals surface area contributed by atoms with E-state index in [1.165, 1.54) is 0 Å². The van der Waals surface area contributed by atoms with Crippen molar-refractivity contribution in [2.45, 2.75) is 26.8 Å². The van der Waals surface area contributed by atoms with Gasteiger partial charge < -0.3 is 5.32 Å². The smallest absolute Gasteiger partial charge is 0.0221 e. The van der Waals surface area contributed by atoms with E-state index >= 15 is 0 Å². The normalized spacial score (nSPS) is 14.9. The lowest BCUT2D eigenvalue weighted by Gasteiger charge is -2.03. The van der Waals surface area contributed by atoms with E-state index < -0.39 is 0 Å². The molecule has 0 bridgehead atoms. The average Bonchev–Trinajstić information content (AvgIpc) is 1.68. The van der Waals surface area contributed by atoms with Gasteiger partial charge in [0.1, 0.15) is 0 Å². The molecule has 0 spiro atoms. The third-order valence-electron chi connectivity index (χ3n) is 1.01. The van der Waals surface area contributed by atoms with Crippen LogP contribution in [0.5, 0.6) is 0 Å². The zero-order valence-electron chi connectivity index (χ0n) is 5.94. The van der Waals surface area contributed by atoms with Crippen LogP contribution in [0.3, 0.4) is 0 Å². The molecule has 0 saturated carbocycles. The van der Waals surface area contributed by atoms with Crippen molar-refractivity contribution in [2.24, 2.45) is 0 Å². The highest BCUT2D eigenvalue weighted by Crippen LogP contribution is 1.81. The zero-order chi connectivity index (χ0) is 6.41. The van der Waals surface area contributed by atoms with Crippen molar-refractivity contribution in [1.82, 2.24) is 5.32 Å². The van der Waals surface area contributed by atoms with Crippen molar-refractivity contribution in [3.63, 3.8) is 0 Å².